The first-order valence-electron chi connectivity index (χ1n) is 10.9. The first-order chi connectivity index (χ1) is 12.6. The summed E-state index contributed by atoms with van der Waals surface area (Å²) in [6, 6.07) is 4.84. The lowest BCUT2D eigenvalue weighted by molar-refractivity contribution is 0.160. The van der Waals surface area contributed by atoms with Crippen LogP contribution in [0.15, 0.2) is 12.1 Å². The van der Waals surface area contributed by atoms with Crippen molar-refractivity contribution in [3.05, 3.63) is 28.8 Å². The molecule has 29 heavy (non-hydrogen) atoms. The van der Waals surface area contributed by atoms with Crippen molar-refractivity contribution in [3.8, 4) is 5.75 Å². The molecule has 1 fully saturated rings. The van der Waals surface area contributed by atoms with Gasteiger partial charge < -0.3 is 10.4 Å². The normalized spacial score (nSPS) is 16.7. The van der Waals surface area contributed by atoms with E-state index >= 15 is 0 Å². The van der Waals surface area contributed by atoms with E-state index in [1.807, 2.05) is 0 Å². The molecule has 0 unspecified atom stereocenters. The largest absolute Gasteiger partial charge is 0.507 e. The number of benzene rings is 1. The Bertz CT molecular complexity index is 615. The Kier molecular flexibility index (Phi) is 11.6. The monoisotopic (exact) mass is 446 g/mol. The van der Waals surface area contributed by atoms with Gasteiger partial charge in [-0.15, -0.1) is 24.8 Å². The maximum absolute atomic E-state index is 11.3. The first-order valence-corrected chi connectivity index (χ1v) is 10.9. The Labute approximate surface area is 191 Å². The van der Waals surface area contributed by atoms with Crippen molar-refractivity contribution >= 4 is 24.8 Å². The molecular formula is C24H44Cl2N2O. The molecule has 0 radical (unpaired) electrons. The Hall–Kier alpha value is -0.480. The minimum Gasteiger partial charge on any atom is -0.507 e. The van der Waals surface area contributed by atoms with Crippen LogP contribution in [0.2, 0.25) is 0 Å². The summed E-state index contributed by atoms with van der Waals surface area (Å²) in [5.41, 5.74) is 3.55. The number of aromatic hydroxyl groups is 1. The van der Waals surface area contributed by atoms with Crippen molar-refractivity contribution in [1.29, 1.82) is 0 Å². The highest BCUT2D eigenvalue weighted by Crippen LogP contribution is 2.42. The van der Waals surface area contributed by atoms with E-state index in [9.17, 15) is 5.11 Å². The van der Waals surface area contributed by atoms with Crippen molar-refractivity contribution in [3.63, 3.8) is 0 Å². The molecule has 2 N–H and O–H groups in total. The summed E-state index contributed by atoms with van der Waals surface area (Å²) in [5.74, 6) is 0.524. The fourth-order valence-corrected chi connectivity index (χ4v) is 4.03. The van der Waals surface area contributed by atoms with Gasteiger partial charge >= 0.3 is 0 Å². The second kappa shape index (κ2) is 11.8. The Morgan fingerprint density at radius 3 is 2.03 bits per heavy atom. The average Bonchev–Trinajstić information content (AvgIpc) is 2.58. The number of piperazine rings is 1. The number of nitrogens with zero attached hydrogens (tertiary/aromatic N) is 1. The molecule has 0 saturated carbocycles. The molecule has 1 aromatic rings. The molecule has 0 aromatic heterocycles. The fraction of sp³-hybridized carbons (Fsp3) is 0.750. The number of phenols is 1. The van der Waals surface area contributed by atoms with E-state index in [1.165, 1.54) is 24.8 Å². The summed E-state index contributed by atoms with van der Waals surface area (Å²) >= 11 is 0. The van der Waals surface area contributed by atoms with Crippen molar-refractivity contribution in [1.82, 2.24) is 10.2 Å². The number of hydrogen-bond donors (Lipinski definition) is 2. The molecule has 1 heterocycles. The van der Waals surface area contributed by atoms with E-state index in [2.05, 4.69) is 70.8 Å². The summed E-state index contributed by atoms with van der Waals surface area (Å²) in [4.78, 5) is 2.58. The van der Waals surface area contributed by atoms with Crippen LogP contribution >= 0.6 is 24.8 Å². The molecule has 1 saturated heterocycles. The van der Waals surface area contributed by atoms with E-state index < -0.39 is 0 Å². The van der Waals surface area contributed by atoms with Gasteiger partial charge in [0.1, 0.15) is 5.75 Å². The molecule has 1 atom stereocenters. The highest BCUT2D eigenvalue weighted by atomic mass is 35.5. The predicted molar refractivity (Wildman–Crippen MR) is 131 cm³/mol. The zero-order chi connectivity index (χ0) is 20.2. The molecular weight excluding hydrogens is 403 g/mol. The zero-order valence-corrected chi connectivity index (χ0v) is 21.2. The third-order valence-electron chi connectivity index (χ3n) is 5.85. The SMILES string of the molecule is CCCCC[C@H](c1cc(C(C)(C)C)cc(C(C)(C)C)c1O)N1CCNCC1.Cl.Cl. The first kappa shape index (κ1) is 28.5. The van der Waals surface area contributed by atoms with Gasteiger partial charge in [-0.1, -0.05) is 73.8 Å². The van der Waals surface area contributed by atoms with Crippen LogP contribution < -0.4 is 5.32 Å². The fourth-order valence-electron chi connectivity index (χ4n) is 4.03. The second-order valence-electron chi connectivity index (χ2n) is 10.3. The number of phenolic OH excluding ortho intramolecular Hbond substituents is 1. The molecule has 5 heteroatoms. The summed E-state index contributed by atoms with van der Waals surface area (Å²) in [6.45, 7) is 19.9. The van der Waals surface area contributed by atoms with E-state index in [0.29, 0.717) is 11.8 Å². The smallest absolute Gasteiger partial charge is 0.124 e. The van der Waals surface area contributed by atoms with Crippen LogP contribution in [-0.2, 0) is 10.8 Å². The van der Waals surface area contributed by atoms with Gasteiger partial charge in [-0.05, 0) is 34.4 Å². The number of halogens is 2. The maximum Gasteiger partial charge on any atom is 0.124 e. The predicted octanol–water partition coefficient (Wildman–Crippen LogP) is 6.36. The van der Waals surface area contributed by atoms with Crippen LogP contribution in [0.3, 0.4) is 0 Å². The molecule has 2 rings (SSSR count). The summed E-state index contributed by atoms with van der Waals surface area (Å²) in [6.07, 6.45) is 4.83. The second-order valence-corrected chi connectivity index (χ2v) is 10.3. The van der Waals surface area contributed by atoms with Crippen molar-refractivity contribution < 1.29 is 5.11 Å². The quantitative estimate of drug-likeness (QED) is 0.498. The Morgan fingerprint density at radius 2 is 1.55 bits per heavy atom. The van der Waals surface area contributed by atoms with Crippen molar-refractivity contribution in [2.45, 2.75) is 91.0 Å². The van der Waals surface area contributed by atoms with E-state index in [1.54, 1.807) is 0 Å². The van der Waals surface area contributed by atoms with E-state index in [0.717, 1.165) is 43.7 Å². The highest BCUT2D eigenvalue weighted by Gasteiger charge is 2.30. The van der Waals surface area contributed by atoms with Gasteiger partial charge in [0.25, 0.3) is 0 Å². The number of unbranched alkanes of at least 4 members (excludes halogenated alkanes) is 2. The summed E-state index contributed by atoms with van der Waals surface area (Å²) in [5, 5.41) is 14.8. The molecule has 3 nitrogen and oxygen atoms in total. The van der Waals surface area contributed by atoms with E-state index in [-0.39, 0.29) is 35.6 Å². The van der Waals surface area contributed by atoms with Gasteiger partial charge in [0.05, 0.1) is 0 Å². The molecule has 170 valence electrons. The minimum absolute atomic E-state index is 0. The lowest BCUT2D eigenvalue weighted by Gasteiger charge is -2.37. The van der Waals surface area contributed by atoms with Crippen LogP contribution in [-0.4, -0.2) is 36.2 Å². The standard InChI is InChI=1S/C24H42N2O.2ClH/c1-8-9-10-11-21(26-14-12-25-13-15-26)19-16-18(23(2,3)4)17-20(22(19)27)24(5,6)7;;/h16-17,21,25,27H,8-15H2,1-7H3;2*1H/t21-;;/m1../s1. The average molecular weight is 448 g/mol. The lowest BCUT2D eigenvalue weighted by Crippen LogP contribution is -2.45. The third kappa shape index (κ3) is 7.61. The van der Waals surface area contributed by atoms with Gasteiger partial charge in [0.15, 0.2) is 0 Å². The molecule has 1 aromatic carbocycles. The van der Waals surface area contributed by atoms with E-state index in [4.69, 9.17) is 0 Å². The number of nitrogens with one attached hydrogen (secondary N) is 1. The molecule has 0 bridgehead atoms. The van der Waals surface area contributed by atoms with Crippen molar-refractivity contribution in [2.75, 3.05) is 26.2 Å². The lowest BCUT2D eigenvalue weighted by atomic mass is 9.77. The number of hydrogen-bond acceptors (Lipinski definition) is 3. The van der Waals surface area contributed by atoms with Gasteiger partial charge in [-0.25, -0.2) is 0 Å². The summed E-state index contributed by atoms with van der Waals surface area (Å²) in [7, 11) is 0. The molecule has 0 amide bonds. The number of rotatable bonds is 6. The van der Waals surface area contributed by atoms with Crippen molar-refractivity contribution in [2.24, 2.45) is 0 Å². The maximum atomic E-state index is 11.3. The van der Waals surface area contributed by atoms with Gasteiger partial charge in [0, 0.05) is 37.8 Å². The molecule has 1 aliphatic heterocycles. The topological polar surface area (TPSA) is 35.5 Å². The van der Waals surface area contributed by atoms with Gasteiger partial charge in [-0.3, -0.25) is 4.90 Å². The Morgan fingerprint density at radius 1 is 0.966 bits per heavy atom. The Balaban J connectivity index is 0.00000392. The van der Waals surface area contributed by atoms with Crippen LogP contribution in [0.25, 0.3) is 0 Å². The van der Waals surface area contributed by atoms with Crippen LogP contribution in [0.1, 0.15) is 96.9 Å². The highest BCUT2D eigenvalue weighted by molar-refractivity contribution is 5.85. The molecule has 1 aliphatic rings. The zero-order valence-electron chi connectivity index (χ0n) is 19.6. The van der Waals surface area contributed by atoms with Crippen LogP contribution in [0.5, 0.6) is 5.75 Å². The van der Waals surface area contributed by atoms with Gasteiger partial charge in [-0.2, -0.15) is 0 Å². The van der Waals surface area contributed by atoms with Crippen LogP contribution in [0.4, 0.5) is 0 Å². The summed E-state index contributed by atoms with van der Waals surface area (Å²) < 4.78 is 0. The van der Waals surface area contributed by atoms with Crippen LogP contribution in [0, 0.1) is 0 Å². The third-order valence-corrected chi connectivity index (χ3v) is 5.85. The minimum atomic E-state index is -0.0719. The molecule has 0 spiro atoms. The van der Waals surface area contributed by atoms with Gasteiger partial charge in [0.2, 0.25) is 0 Å². The molecule has 0 aliphatic carbocycles.